The van der Waals surface area contributed by atoms with Crippen LogP contribution in [-0.4, -0.2) is 6.04 Å². The number of hydrogen-bond donors (Lipinski definition) is 1. The Morgan fingerprint density at radius 1 is 0.792 bits per heavy atom. The summed E-state index contributed by atoms with van der Waals surface area (Å²) in [5.74, 6) is 1.84. The van der Waals surface area contributed by atoms with Crippen LogP contribution in [-0.2, 0) is 0 Å². The van der Waals surface area contributed by atoms with Gasteiger partial charge in [0.1, 0.15) is 11.2 Å². The summed E-state index contributed by atoms with van der Waals surface area (Å²) in [5, 5.41) is 6.33. The summed E-state index contributed by atoms with van der Waals surface area (Å²) in [4.78, 5) is 0. The van der Waals surface area contributed by atoms with Gasteiger partial charge in [0.05, 0.1) is 0 Å². The number of benzene rings is 2. The molecule has 0 amide bonds. The second-order valence-corrected chi connectivity index (χ2v) is 7.70. The fourth-order valence-corrected chi connectivity index (χ4v) is 5.15. The van der Waals surface area contributed by atoms with Gasteiger partial charge in [-0.1, -0.05) is 50.3 Å². The highest BCUT2D eigenvalue weighted by Crippen LogP contribution is 2.42. The van der Waals surface area contributed by atoms with E-state index in [0.717, 1.165) is 23.0 Å². The lowest BCUT2D eigenvalue weighted by molar-refractivity contribution is 0.155. The molecule has 0 radical (unpaired) electrons. The molecule has 1 heterocycles. The SMILES string of the molecule is c1ccc2c(c1)oc1ccc(NC3CCCC4CCCCC43)cc12. The maximum absolute atomic E-state index is 5.96. The molecular formula is C22H25NO. The van der Waals surface area contributed by atoms with Gasteiger partial charge in [0.15, 0.2) is 0 Å². The van der Waals surface area contributed by atoms with E-state index in [-0.39, 0.29) is 0 Å². The van der Waals surface area contributed by atoms with E-state index in [1.54, 1.807) is 0 Å². The Hall–Kier alpha value is -1.96. The molecule has 2 aromatic carbocycles. The molecule has 2 nitrogen and oxygen atoms in total. The second kappa shape index (κ2) is 5.84. The van der Waals surface area contributed by atoms with Crippen molar-refractivity contribution in [1.82, 2.24) is 0 Å². The lowest BCUT2D eigenvalue weighted by Crippen LogP contribution is -2.39. The van der Waals surface area contributed by atoms with Crippen LogP contribution in [0.4, 0.5) is 5.69 Å². The lowest BCUT2D eigenvalue weighted by Gasteiger charge is -2.42. The molecule has 2 saturated carbocycles. The first-order valence-corrected chi connectivity index (χ1v) is 9.56. The standard InChI is InChI=1S/C22H25NO/c1-2-8-17-15(6-1)7-5-10-20(17)23-16-12-13-22-19(14-16)18-9-3-4-11-21(18)24-22/h3-4,9,11-15,17,20,23H,1-2,5-8,10H2. The molecule has 2 aliphatic rings. The highest BCUT2D eigenvalue weighted by molar-refractivity contribution is 6.05. The van der Waals surface area contributed by atoms with Crippen LogP contribution in [0.5, 0.6) is 0 Å². The van der Waals surface area contributed by atoms with Crippen LogP contribution < -0.4 is 5.32 Å². The minimum Gasteiger partial charge on any atom is -0.456 e. The number of nitrogens with one attached hydrogen (secondary N) is 1. The molecule has 124 valence electrons. The van der Waals surface area contributed by atoms with E-state index in [0.29, 0.717) is 6.04 Å². The van der Waals surface area contributed by atoms with Gasteiger partial charge in [-0.3, -0.25) is 0 Å². The highest BCUT2D eigenvalue weighted by atomic mass is 16.3. The Balaban J connectivity index is 1.47. The molecule has 3 aromatic rings. The third kappa shape index (κ3) is 2.40. The Morgan fingerprint density at radius 2 is 1.62 bits per heavy atom. The molecule has 2 aliphatic carbocycles. The fourth-order valence-electron chi connectivity index (χ4n) is 5.15. The van der Waals surface area contributed by atoms with E-state index in [2.05, 4.69) is 41.7 Å². The Kier molecular flexibility index (Phi) is 3.50. The van der Waals surface area contributed by atoms with Gasteiger partial charge in [0.2, 0.25) is 0 Å². The maximum atomic E-state index is 5.96. The van der Waals surface area contributed by atoms with Gasteiger partial charge in [-0.25, -0.2) is 0 Å². The largest absolute Gasteiger partial charge is 0.456 e. The third-order valence-electron chi connectivity index (χ3n) is 6.30. The molecule has 5 rings (SSSR count). The molecule has 0 aliphatic heterocycles. The van der Waals surface area contributed by atoms with Gasteiger partial charge >= 0.3 is 0 Å². The van der Waals surface area contributed by atoms with Gasteiger partial charge in [0, 0.05) is 22.5 Å². The quantitative estimate of drug-likeness (QED) is 0.595. The van der Waals surface area contributed by atoms with Crippen LogP contribution in [0.2, 0.25) is 0 Å². The van der Waals surface area contributed by atoms with Crippen molar-refractivity contribution in [1.29, 1.82) is 0 Å². The highest BCUT2D eigenvalue weighted by Gasteiger charge is 2.34. The third-order valence-corrected chi connectivity index (χ3v) is 6.30. The molecule has 24 heavy (non-hydrogen) atoms. The van der Waals surface area contributed by atoms with E-state index < -0.39 is 0 Å². The molecule has 3 unspecified atom stereocenters. The van der Waals surface area contributed by atoms with Crippen LogP contribution in [0, 0.1) is 11.8 Å². The zero-order valence-corrected chi connectivity index (χ0v) is 14.1. The summed E-state index contributed by atoms with van der Waals surface area (Å²) >= 11 is 0. The summed E-state index contributed by atoms with van der Waals surface area (Å²) in [6.07, 6.45) is 9.90. The number of fused-ring (bicyclic) bond motifs is 4. The molecule has 1 aromatic heterocycles. The number of hydrogen-bond acceptors (Lipinski definition) is 2. The first kappa shape index (κ1) is 14.4. The van der Waals surface area contributed by atoms with Crippen LogP contribution >= 0.6 is 0 Å². The van der Waals surface area contributed by atoms with Crippen molar-refractivity contribution < 1.29 is 4.42 Å². The van der Waals surface area contributed by atoms with Crippen molar-refractivity contribution in [2.45, 2.75) is 51.0 Å². The molecule has 0 bridgehead atoms. The van der Waals surface area contributed by atoms with Crippen molar-refractivity contribution in [2.24, 2.45) is 11.8 Å². The van der Waals surface area contributed by atoms with Crippen LogP contribution in [0.1, 0.15) is 44.9 Å². The average molecular weight is 319 g/mol. The molecule has 0 spiro atoms. The van der Waals surface area contributed by atoms with E-state index >= 15 is 0 Å². The van der Waals surface area contributed by atoms with Crippen molar-refractivity contribution >= 4 is 27.6 Å². The molecule has 0 saturated heterocycles. The van der Waals surface area contributed by atoms with Gasteiger partial charge in [0.25, 0.3) is 0 Å². The zero-order valence-electron chi connectivity index (χ0n) is 14.1. The molecular weight excluding hydrogens is 294 g/mol. The predicted molar refractivity (Wildman–Crippen MR) is 100 cm³/mol. The fraction of sp³-hybridized carbons (Fsp3) is 0.455. The smallest absolute Gasteiger partial charge is 0.135 e. The van der Waals surface area contributed by atoms with Crippen LogP contribution in [0.15, 0.2) is 46.9 Å². The average Bonchev–Trinajstić information content (AvgIpc) is 3.00. The van der Waals surface area contributed by atoms with E-state index in [9.17, 15) is 0 Å². The van der Waals surface area contributed by atoms with E-state index in [1.165, 1.54) is 61.4 Å². The number of furan rings is 1. The van der Waals surface area contributed by atoms with Gasteiger partial charge in [-0.05, 0) is 48.9 Å². The van der Waals surface area contributed by atoms with Crippen LogP contribution in [0.3, 0.4) is 0 Å². The Labute approximate surface area is 143 Å². The minimum absolute atomic E-state index is 0.652. The Bertz CT molecular complexity index is 863. The van der Waals surface area contributed by atoms with E-state index in [1.807, 2.05) is 6.07 Å². The minimum atomic E-state index is 0.652. The molecule has 2 fully saturated rings. The summed E-state index contributed by atoms with van der Waals surface area (Å²) in [7, 11) is 0. The molecule has 1 N–H and O–H groups in total. The van der Waals surface area contributed by atoms with Gasteiger partial charge in [-0.2, -0.15) is 0 Å². The topological polar surface area (TPSA) is 25.2 Å². The molecule has 2 heteroatoms. The summed E-state index contributed by atoms with van der Waals surface area (Å²) < 4.78 is 5.96. The molecule has 3 atom stereocenters. The van der Waals surface area contributed by atoms with Crippen molar-refractivity contribution in [3.05, 3.63) is 42.5 Å². The number of anilines is 1. The zero-order chi connectivity index (χ0) is 15.9. The maximum Gasteiger partial charge on any atom is 0.135 e. The normalized spacial score (nSPS) is 27.2. The van der Waals surface area contributed by atoms with Crippen molar-refractivity contribution in [3.8, 4) is 0 Å². The summed E-state index contributed by atoms with van der Waals surface area (Å²) in [6, 6.07) is 15.6. The van der Waals surface area contributed by atoms with Crippen molar-refractivity contribution in [2.75, 3.05) is 5.32 Å². The first-order valence-electron chi connectivity index (χ1n) is 9.56. The number of para-hydroxylation sites is 1. The van der Waals surface area contributed by atoms with E-state index in [4.69, 9.17) is 4.42 Å². The van der Waals surface area contributed by atoms with Gasteiger partial charge in [-0.15, -0.1) is 0 Å². The van der Waals surface area contributed by atoms with Crippen molar-refractivity contribution in [3.63, 3.8) is 0 Å². The predicted octanol–water partition coefficient (Wildman–Crippen LogP) is 6.36. The van der Waals surface area contributed by atoms with Gasteiger partial charge < -0.3 is 9.73 Å². The number of rotatable bonds is 2. The second-order valence-electron chi connectivity index (χ2n) is 7.70. The first-order chi connectivity index (χ1) is 11.9. The van der Waals surface area contributed by atoms with Crippen LogP contribution in [0.25, 0.3) is 21.9 Å². The summed E-state index contributed by atoms with van der Waals surface area (Å²) in [5.41, 5.74) is 3.22. The summed E-state index contributed by atoms with van der Waals surface area (Å²) in [6.45, 7) is 0. The Morgan fingerprint density at radius 3 is 2.62 bits per heavy atom. The lowest BCUT2D eigenvalue weighted by atomic mass is 9.68. The monoisotopic (exact) mass is 319 g/mol.